The van der Waals surface area contributed by atoms with E-state index >= 15 is 0 Å². The van der Waals surface area contributed by atoms with Gasteiger partial charge in [-0.3, -0.25) is 14.5 Å². The molecule has 0 rings (SSSR count). The topological polar surface area (TPSA) is 61.2 Å². The van der Waals surface area contributed by atoms with Gasteiger partial charge in [0.25, 0.3) is 5.91 Å². The van der Waals surface area contributed by atoms with Gasteiger partial charge in [0.15, 0.2) is 0 Å². The monoisotopic (exact) mass is 152 g/mol. The molecule has 0 bridgehead atoms. The van der Waals surface area contributed by atoms with Gasteiger partial charge in [-0.05, 0) is 6.08 Å². The van der Waals surface area contributed by atoms with Crippen LogP contribution in [-0.4, -0.2) is 23.8 Å². The Labute approximate surface area is 64.7 Å². The maximum Gasteiger partial charge on any atom is 0.252 e. The summed E-state index contributed by atoms with van der Waals surface area (Å²) >= 11 is 0. The number of carbonyl (C=O) groups excluding carboxylic acids is 2. The molecule has 4 heteroatoms. The molecule has 0 spiro atoms. The number of hydrogen-bond acceptors (Lipinski definition) is 3. The van der Waals surface area contributed by atoms with Gasteiger partial charge in [0.05, 0.1) is 6.07 Å². The van der Waals surface area contributed by atoms with Crippen LogP contribution in [0, 0.1) is 11.3 Å². The van der Waals surface area contributed by atoms with E-state index in [9.17, 15) is 9.59 Å². The van der Waals surface area contributed by atoms with Crippen LogP contribution < -0.4 is 0 Å². The van der Waals surface area contributed by atoms with Crippen molar-refractivity contribution in [3.05, 3.63) is 12.7 Å². The highest BCUT2D eigenvalue weighted by atomic mass is 16.2. The highest BCUT2D eigenvalue weighted by molar-refractivity contribution is 6.00. The van der Waals surface area contributed by atoms with Crippen molar-refractivity contribution in [3.8, 4) is 6.07 Å². The van der Waals surface area contributed by atoms with Gasteiger partial charge in [-0.15, -0.1) is 0 Å². The summed E-state index contributed by atoms with van der Waals surface area (Å²) in [5, 5.41) is 8.11. The van der Waals surface area contributed by atoms with E-state index in [1.54, 1.807) is 6.07 Å². The normalized spacial score (nSPS) is 8.00. The fraction of sp³-hybridized carbons (Fsp3) is 0.286. The second kappa shape index (κ2) is 4.23. The van der Waals surface area contributed by atoms with E-state index in [1.165, 1.54) is 7.05 Å². The summed E-state index contributed by atoms with van der Waals surface area (Å²) < 4.78 is 0. The Hall–Kier alpha value is -1.63. The molecule has 0 aromatic rings. The number of hydrogen-bond donors (Lipinski definition) is 0. The van der Waals surface area contributed by atoms with Gasteiger partial charge in [0, 0.05) is 7.05 Å². The molecule has 0 saturated carbocycles. The lowest BCUT2D eigenvalue weighted by Crippen LogP contribution is -2.31. The van der Waals surface area contributed by atoms with Crippen molar-refractivity contribution in [1.82, 2.24) is 4.90 Å². The standard InChI is InChI=1S/C7H8N2O2/c1-3-6(10)9(2)7(11)4-5-8/h3H,1,4H2,2H3. The average Bonchev–Trinajstić information content (AvgIpc) is 2.02. The number of carbonyl (C=O) groups is 2. The molecule has 0 aliphatic heterocycles. The lowest BCUT2D eigenvalue weighted by molar-refractivity contribution is -0.139. The lowest BCUT2D eigenvalue weighted by atomic mass is 10.4. The molecular formula is C7H8N2O2. The fourth-order valence-electron chi connectivity index (χ4n) is 0.446. The van der Waals surface area contributed by atoms with Crippen molar-refractivity contribution in [1.29, 1.82) is 5.26 Å². The summed E-state index contributed by atoms with van der Waals surface area (Å²) in [5.74, 6) is -1.01. The molecule has 0 atom stereocenters. The number of nitriles is 1. The molecule has 0 radical (unpaired) electrons. The Bertz CT molecular complexity index is 227. The Morgan fingerprint density at radius 3 is 2.64 bits per heavy atom. The first-order chi connectivity index (χ1) is 5.13. The molecule has 0 aliphatic carbocycles. The van der Waals surface area contributed by atoms with E-state index in [1.807, 2.05) is 0 Å². The Balaban J connectivity index is 4.15. The summed E-state index contributed by atoms with van der Waals surface area (Å²) in [6, 6.07) is 1.65. The third kappa shape index (κ3) is 2.63. The molecule has 0 aliphatic rings. The molecular weight excluding hydrogens is 144 g/mol. The van der Waals surface area contributed by atoms with Gasteiger partial charge in [-0.1, -0.05) is 6.58 Å². The van der Waals surface area contributed by atoms with Crippen molar-refractivity contribution < 1.29 is 9.59 Å². The molecule has 0 fully saturated rings. The minimum atomic E-state index is -0.516. The highest BCUT2D eigenvalue weighted by Crippen LogP contribution is 1.90. The van der Waals surface area contributed by atoms with Crippen LogP contribution in [0.2, 0.25) is 0 Å². The Kier molecular flexibility index (Phi) is 3.60. The highest BCUT2D eigenvalue weighted by Gasteiger charge is 2.12. The van der Waals surface area contributed by atoms with E-state index in [0.29, 0.717) is 0 Å². The van der Waals surface area contributed by atoms with E-state index in [2.05, 4.69) is 6.58 Å². The fourth-order valence-corrected chi connectivity index (χ4v) is 0.446. The van der Waals surface area contributed by atoms with E-state index in [-0.39, 0.29) is 6.42 Å². The van der Waals surface area contributed by atoms with Crippen LogP contribution >= 0.6 is 0 Å². The number of imide groups is 1. The van der Waals surface area contributed by atoms with Crippen molar-refractivity contribution in [3.63, 3.8) is 0 Å². The lowest BCUT2D eigenvalue weighted by Gasteiger charge is -2.09. The Morgan fingerprint density at radius 1 is 1.73 bits per heavy atom. The summed E-state index contributed by atoms with van der Waals surface area (Å²) in [6.07, 6.45) is 0.741. The molecule has 0 aromatic carbocycles. The smallest absolute Gasteiger partial charge is 0.252 e. The van der Waals surface area contributed by atoms with Crippen LogP contribution in [-0.2, 0) is 9.59 Å². The second-order valence-electron chi connectivity index (χ2n) is 1.83. The van der Waals surface area contributed by atoms with Crippen LogP contribution in [0.25, 0.3) is 0 Å². The molecule has 0 N–H and O–H groups in total. The first-order valence-corrected chi connectivity index (χ1v) is 2.93. The molecule has 2 amide bonds. The van der Waals surface area contributed by atoms with Gasteiger partial charge in [0.2, 0.25) is 5.91 Å². The zero-order valence-corrected chi connectivity index (χ0v) is 6.20. The minimum absolute atomic E-state index is 0.282. The van der Waals surface area contributed by atoms with Crippen LogP contribution in [0.1, 0.15) is 6.42 Å². The quantitative estimate of drug-likeness (QED) is 0.526. The van der Waals surface area contributed by atoms with Crippen molar-refractivity contribution in [2.24, 2.45) is 0 Å². The molecule has 11 heavy (non-hydrogen) atoms. The van der Waals surface area contributed by atoms with Gasteiger partial charge in [0.1, 0.15) is 6.42 Å². The third-order valence-electron chi connectivity index (χ3n) is 1.11. The third-order valence-corrected chi connectivity index (χ3v) is 1.11. The summed E-state index contributed by atoms with van der Waals surface area (Å²) in [7, 11) is 1.31. The maximum atomic E-state index is 10.8. The van der Waals surface area contributed by atoms with Gasteiger partial charge in [-0.25, -0.2) is 0 Å². The van der Waals surface area contributed by atoms with Crippen molar-refractivity contribution in [2.45, 2.75) is 6.42 Å². The Morgan fingerprint density at radius 2 is 2.27 bits per heavy atom. The largest absolute Gasteiger partial charge is 0.281 e. The number of likely N-dealkylation sites (N-methyl/N-ethyl adjacent to an activating group) is 1. The van der Waals surface area contributed by atoms with Crippen molar-refractivity contribution in [2.75, 3.05) is 7.05 Å². The summed E-state index contributed by atoms with van der Waals surface area (Å²) in [4.78, 5) is 22.3. The first-order valence-electron chi connectivity index (χ1n) is 2.93. The van der Waals surface area contributed by atoms with Crippen LogP contribution in [0.15, 0.2) is 12.7 Å². The number of rotatable bonds is 2. The molecule has 58 valence electrons. The van der Waals surface area contributed by atoms with Crippen LogP contribution in [0.5, 0.6) is 0 Å². The predicted molar refractivity (Wildman–Crippen MR) is 38.2 cm³/mol. The molecule has 0 aromatic heterocycles. The number of amides is 2. The summed E-state index contributed by atoms with van der Waals surface area (Å²) in [5.41, 5.74) is 0. The van der Waals surface area contributed by atoms with Gasteiger partial charge in [-0.2, -0.15) is 5.26 Å². The molecule has 0 heterocycles. The van der Waals surface area contributed by atoms with Gasteiger partial charge >= 0.3 is 0 Å². The zero-order chi connectivity index (χ0) is 8.85. The predicted octanol–water partition coefficient (Wildman–Crippen LogP) is 0.0711. The van der Waals surface area contributed by atoms with Crippen LogP contribution in [0.3, 0.4) is 0 Å². The average molecular weight is 152 g/mol. The van der Waals surface area contributed by atoms with E-state index in [4.69, 9.17) is 5.26 Å². The van der Waals surface area contributed by atoms with E-state index < -0.39 is 11.8 Å². The summed E-state index contributed by atoms with van der Waals surface area (Å²) in [6.45, 7) is 3.20. The van der Waals surface area contributed by atoms with Gasteiger partial charge < -0.3 is 0 Å². The minimum Gasteiger partial charge on any atom is -0.281 e. The second-order valence-corrected chi connectivity index (χ2v) is 1.83. The number of nitrogens with zero attached hydrogens (tertiary/aromatic N) is 2. The molecule has 0 unspecified atom stereocenters. The van der Waals surface area contributed by atoms with Crippen molar-refractivity contribution >= 4 is 11.8 Å². The SMILES string of the molecule is C=CC(=O)N(C)C(=O)CC#N. The zero-order valence-electron chi connectivity index (χ0n) is 6.20. The first kappa shape index (κ1) is 9.37. The molecule has 4 nitrogen and oxygen atoms in total. The molecule has 0 saturated heterocycles. The van der Waals surface area contributed by atoms with Crippen LogP contribution in [0.4, 0.5) is 0 Å². The van der Waals surface area contributed by atoms with E-state index in [0.717, 1.165) is 11.0 Å². The maximum absolute atomic E-state index is 10.8.